The summed E-state index contributed by atoms with van der Waals surface area (Å²) in [5.74, 6) is -1.40. The van der Waals surface area contributed by atoms with Gasteiger partial charge in [0.25, 0.3) is 0 Å². The highest BCUT2D eigenvalue weighted by Gasteiger charge is 2.15. The number of hydrogen-bond acceptors (Lipinski definition) is 4. The van der Waals surface area contributed by atoms with Crippen LogP contribution in [0.4, 0.5) is 0 Å². The van der Waals surface area contributed by atoms with Gasteiger partial charge >= 0.3 is 11.5 Å². The predicted molar refractivity (Wildman–Crippen MR) is 66.0 cm³/mol. The number of fused-ring (bicyclic) bond motifs is 1. The number of carbonyl (C=O) groups is 1. The Hall–Kier alpha value is -2.96. The summed E-state index contributed by atoms with van der Waals surface area (Å²) >= 11 is 0. The fourth-order valence-corrected chi connectivity index (χ4v) is 1.78. The van der Waals surface area contributed by atoms with Gasteiger partial charge in [-0.15, -0.1) is 10.2 Å². The number of benzene rings is 1. The number of H-pyrrole nitrogens is 1. The lowest BCUT2D eigenvalue weighted by Gasteiger charge is -1.95. The van der Waals surface area contributed by atoms with E-state index in [1.807, 2.05) is 30.3 Å². The molecule has 0 aliphatic carbocycles. The molecule has 0 aliphatic rings. The van der Waals surface area contributed by atoms with E-state index < -0.39 is 17.2 Å². The van der Waals surface area contributed by atoms with Crippen molar-refractivity contribution in [3.05, 3.63) is 52.4 Å². The van der Waals surface area contributed by atoms with Gasteiger partial charge in [0.2, 0.25) is 5.69 Å². The van der Waals surface area contributed by atoms with Crippen LogP contribution in [0.2, 0.25) is 0 Å². The van der Waals surface area contributed by atoms with Crippen LogP contribution in [0.1, 0.15) is 10.5 Å². The molecular formula is C12H8N4O3. The number of rotatable bonds is 2. The third-order valence-corrected chi connectivity index (χ3v) is 2.68. The first-order valence-corrected chi connectivity index (χ1v) is 5.44. The first-order valence-electron chi connectivity index (χ1n) is 5.44. The molecule has 0 spiro atoms. The summed E-state index contributed by atoms with van der Waals surface area (Å²) in [6, 6.07) is 11.0. The molecule has 3 aromatic rings. The van der Waals surface area contributed by atoms with Gasteiger partial charge in [0.05, 0.1) is 5.69 Å². The molecule has 0 amide bonds. The Morgan fingerprint density at radius 1 is 1.21 bits per heavy atom. The molecular weight excluding hydrogens is 248 g/mol. The van der Waals surface area contributed by atoms with Crippen molar-refractivity contribution in [2.45, 2.75) is 0 Å². The summed E-state index contributed by atoms with van der Waals surface area (Å²) in [5, 5.41) is 18.8. The average Bonchev–Trinajstić information content (AvgIpc) is 2.85. The number of carboxylic acid groups (broad SMARTS) is 1. The number of hydrogen-bond donors (Lipinski definition) is 2. The van der Waals surface area contributed by atoms with Crippen molar-refractivity contribution >= 4 is 11.6 Å². The molecule has 7 nitrogen and oxygen atoms in total. The summed E-state index contributed by atoms with van der Waals surface area (Å²) in [6.07, 6.45) is 0. The minimum absolute atomic E-state index is 0.272. The molecule has 1 aromatic carbocycles. The van der Waals surface area contributed by atoms with Gasteiger partial charge in [-0.2, -0.15) is 4.52 Å². The maximum absolute atomic E-state index is 11.9. The Morgan fingerprint density at radius 2 is 1.95 bits per heavy atom. The van der Waals surface area contributed by atoms with Crippen LogP contribution in [-0.4, -0.2) is 30.9 Å². The van der Waals surface area contributed by atoms with Gasteiger partial charge in [0, 0.05) is 6.07 Å². The fraction of sp³-hybridized carbons (Fsp3) is 0. The third-order valence-electron chi connectivity index (χ3n) is 2.68. The zero-order valence-electron chi connectivity index (χ0n) is 9.57. The lowest BCUT2D eigenvalue weighted by molar-refractivity contribution is 0.0686. The van der Waals surface area contributed by atoms with Crippen LogP contribution in [0, 0.1) is 0 Å². The SMILES string of the molecule is O=C(O)c1nnc2cc(-c3ccccc3)[nH]n2c1=O. The lowest BCUT2D eigenvalue weighted by atomic mass is 10.2. The van der Waals surface area contributed by atoms with Gasteiger partial charge < -0.3 is 5.11 Å². The van der Waals surface area contributed by atoms with Crippen LogP contribution in [0.15, 0.2) is 41.2 Å². The molecule has 0 radical (unpaired) electrons. The molecule has 0 aliphatic heterocycles. The van der Waals surface area contributed by atoms with Crippen molar-refractivity contribution in [3.63, 3.8) is 0 Å². The molecule has 19 heavy (non-hydrogen) atoms. The summed E-state index contributed by atoms with van der Waals surface area (Å²) in [7, 11) is 0. The van der Waals surface area contributed by atoms with Crippen LogP contribution in [-0.2, 0) is 0 Å². The Labute approximate surface area is 106 Å². The van der Waals surface area contributed by atoms with E-state index in [9.17, 15) is 9.59 Å². The molecule has 3 rings (SSSR count). The van der Waals surface area contributed by atoms with E-state index in [0.29, 0.717) is 5.69 Å². The van der Waals surface area contributed by atoms with Crippen LogP contribution in [0.25, 0.3) is 16.9 Å². The average molecular weight is 256 g/mol. The molecule has 0 unspecified atom stereocenters. The summed E-state index contributed by atoms with van der Waals surface area (Å²) < 4.78 is 1.07. The molecule has 2 N–H and O–H groups in total. The third kappa shape index (κ3) is 1.77. The van der Waals surface area contributed by atoms with Crippen molar-refractivity contribution in [1.29, 1.82) is 0 Å². The van der Waals surface area contributed by atoms with E-state index in [-0.39, 0.29) is 5.65 Å². The van der Waals surface area contributed by atoms with Gasteiger partial charge in [-0.1, -0.05) is 30.3 Å². The van der Waals surface area contributed by atoms with E-state index in [1.54, 1.807) is 6.07 Å². The van der Waals surface area contributed by atoms with E-state index in [2.05, 4.69) is 15.3 Å². The zero-order valence-corrected chi connectivity index (χ0v) is 9.57. The normalized spacial score (nSPS) is 10.7. The quantitative estimate of drug-likeness (QED) is 0.705. The van der Waals surface area contributed by atoms with Gasteiger partial charge in [0.15, 0.2) is 5.65 Å². The number of aromatic amines is 1. The number of carboxylic acids is 1. The van der Waals surface area contributed by atoms with Crippen molar-refractivity contribution in [1.82, 2.24) is 19.8 Å². The highest BCUT2D eigenvalue weighted by atomic mass is 16.4. The maximum atomic E-state index is 11.9. The molecule has 94 valence electrons. The second-order valence-electron chi connectivity index (χ2n) is 3.89. The number of nitrogens with zero attached hydrogens (tertiary/aromatic N) is 3. The van der Waals surface area contributed by atoms with Gasteiger partial charge in [-0.05, 0) is 5.56 Å². The Kier molecular flexibility index (Phi) is 2.38. The lowest BCUT2D eigenvalue weighted by Crippen LogP contribution is -2.25. The summed E-state index contributed by atoms with van der Waals surface area (Å²) in [6.45, 7) is 0. The van der Waals surface area contributed by atoms with Crippen molar-refractivity contribution in [2.75, 3.05) is 0 Å². The molecule has 0 fully saturated rings. The molecule has 7 heteroatoms. The summed E-state index contributed by atoms with van der Waals surface area (Å²) in [5.41, 5.74) is 0.450. The first kappa shape index (κ1) is 11.1. The second-order valence-corrected chi connectivity index (χ2v) is 3.89. The standard InChI is InChI=1S/C12H8N4O3/c17-11-10(12(18)19)14-13-9-6-8(15-16(9)11)7-4-2-1-3-5-7/h1-6,15H,(H,18,19). The van der Waals surface area contributed by atoms with Crippen LogP contribution >= 0.6 is 0 Å². The number of aromatic nitrogens is 4. The van der Waals surface area contributed by atoms with Crippen molar-refractivity contribution < 1.29 is 9.90 Å². The zero-order chi connectivity index (χ0) is 13.4. The number of aromatic carboxylic acids is 1. The summed E-state index contributed by atoms with van der Waals surface area (Å²) in [4.78, 5) is 22.7. The molecule has 0 atom stereocenters. The van der Waals surface area contributed by atoms with Crippen LogP contribution in [0.3, 0.4) is 0 Å². The largest absolute Gasteiger partial charge is 0.476 e. The van der Waals surface area contributed by atoms with E-state index >= 15 is 0 Å². The number of nitrogens with one attached hydrogen (secondary N) is 1. The fourth-order valence-electron chi connectivity index (χ4n) is 1.78. The minimum Gasteiger partial charge on any atom is -0.476 e. The minimum atomic E-state index is -1.40. The second kappa shape index (κ2) is 4.05. The Bertz CT molecular complexity index is 820. The monoisotopic (exact) mass is 256 g/mol. The highest BCUT2D eigenvalue weighted by Crippen LogP contribution is 2.17. The maximum Gasteiger partial charge on any atom is 0.362 e. The smallest absolute Gasteiger partial charge is 0.362 e. The molecule has 2 aromatic heterocycles. The van der Waals surface area contributed by atoms with E-state index in [1.165, 1.54) is 0 Å². The first-order chi connectivity index (χ1) is 9.16. The van der Waals surface area contributed by atoms with Gasteiger partial charge in [-0.3, -0.25) is 9.89 Å². The topological polar surface area (TPSA) is 100 Å². The van der Waals surface area contributed by atoms with Crippen molar-refractivity contribution in [3.8, 4) is 11.3 Å². The Morgan fingerprint density at radius 3 is 2.63 bits per heavy atom. The highest BCUT2D eigenvalue weighted by molar-refractivity contribution is 5.84. The molecule has 0 saturated carbocycles. The Balaban J connectivity index is 2.25. The predicted octanol–water partition coefficient (Wildman–Crippen LogP) is 0.783. The van der Waals surface area contributed by atoms with Gasteiger partial charge in [0.1, 0.15) is 0 Å². The van der Waals surface area contributed by atoms with Gasteiger partial charge in [-0.25, -0.2) is 4.79 Å². The van der Waals surface area contributed by atoms with Crippen LogP contribution < -0.4 is 5.56 Å². The molecule has 0 saturated heterocycles. The van der Waals surface area contributed by atoms with E-state index in [0.717, 1.165) is 10.1 Å². The van der Waals surface area contributed by atoms with E-state index in [4.69, 9.17) is 5.11 Å². The molecule has 2 heterocycles. The molecule has 0 bridgehead atoms. The van der Waals surface area contributed by atoms with Crippen molar-refractivity contribution in [2.24, 2.45) is 0 Å². The van der Waals surface area contributed by atoms with Crippen LogP contribution in [0.5, 0.6) is 0 Å².